The smallest absolute Gasteiger partial charge is 0.0666 e. The molecule has 1 N–H and O–H groups in total. The van der Waals surface area contributed by atoms with Gasteiger partial charge in [-0.1, -0.05) is 0 Å². The van der Waals surface area contributed by atoms with Gasteiger partial charge in [0, 0.05) is 19.7 Å². The molecule has 2 atom stereocenters. The van der Waals surface area contributed by atoms with Crippen LogP contribution in [-0.2, 0) is 4.74 Å². The van der Waals surface area contributed by atoms with E-state index in [1.54, 1.807) is 0 Å². The largest absolute Gasteiger partial charge is 0.381 e. The Morgan fingerprint density at radius 3 is 3.15 bits per heavy atom. The first-order valence-corrected chi connectivity index (χ1v) is 5.01. The van der Waals surface area contributed by atoms with Gasteiger partial charge in [0.05, 0.1) is 18.6 Å². The quantitative estimate of drug-likeness (QED) is 0.709. The van der Waals surface area contributed by atoms with Crippen molar-refractivity contribution >= 4 is 0 Å². The fourth-order valence-corrected chi connectivity index (χ4v) is 1.52. The van der Waals surface area contributed by atoms with Gasteiger partial charge >= 0.3 is 0 Å². The third-order valence-corrected chi connectivity index (χ3v) is 2.36. The number of nitrogens with zero attached hydrogens (tertiary/aromatic N) is 1. The molecule has 1 fully saturated rings. The molecule has 2 unspecified atom stereocenters. The number of hydrogen-bond donors (Lipinski definition) is 1. The van der Waals surface area contributed by atoms with Crippen molar-refractivity contribution in [2.45, 2.75) is 19.8 Å². The van der Waals surface area contributed by atoms with Gasteiger partial charge in [0.2, 0.25) is 0 Å². The van der Waals surface area contributed by atoms with Gasteiger partial charge in [-0.3, -0.25) is 0 Å². The zero-order chi connectivity index (χ0) is 9.52. The van der Waals surface area contributed by atoms with Gasteiger partial charge in [0.15, 0.2) is 0 Å². The van der Waals surface area contributed by atoms with Crippen LogP contribution in [0.1, 0.15) is 19.8 Å². The Morgan fingerprint density at radius 1 is 1.69 bits per heavy atom. The van der Waals surface area contributed by atoms with E-state index in [4.69, 9.17) is 10.00 Å². The summed E-state index contributed by atoms with van der Waals surface area (Å²) in [5.41, 5.74) is 0. The number of ether oxygens (including phenoxy) is 1. The highest BCUT2D eigenvalue weighted by Gasteiger charge is 2.13. The van der Waals surface area contributed by atoms with Crippen LogP contribution in [0.3, 0.4) is 0 Å². The molecule has 0 aromatic heterocycles. The highest BCUT2D eigenvalue weighted by molar-refractivity contribution is 4.80. The molecule has 3 nitrogen and oxygen atoms in total. The van der Waals surface area contributed by atoms with Crippen LogP contribution in [0.15, 0.2) is 0 Å². The Morgan fingerprint density at radius 2 is 2.54 bits per heavy atom. The van der Waals surface area contributed by atoms with E-state index in [1.165, 1.54) is 12.8 Å². The summed E-state index contributed by atoms with van der Waals surface area (Å²) in [5.74, 6) is 0.768. The third kappa shape index (κ3) is 4.25. The molecule has 0 bridgehead atoms. The molecule has 0 aromatic rings. The molecule has 1 aliphatic rings. The van der Waals surface area contributed by atoms with Gasteiger partial charge in [0.25, 0.3) is 0 Å². The molecule has 0 radical (unpaired) electrons. The fraction of sp³-hybridized carbons (Fsp3) is 0.900. The van der Waals surface area contributed by atoms with Crippen LogP contribution in [0.5, 0.6) is 0 Å². The first-order chi connectivity index (χ1) is 6.33. The molecule has 1 aliphatic heterocycles. The summed E-state index contributed by atoms with van der Waals surface area (Å²) in [6, 6.07) is 2.21. The monoisotopic (exact) mass is 182 g/mol. The topological polar surface area (TPSA) is 45.0 Å². The van der Waals surface area contributed by atoms with E-state index in [-0.39, 0.29) is 5.92 Å². The first kappa shape index (κ1) is 10.5. The zero-order valence-electron chi connectivity index (χ0n) is 8.25. The van der Waals surface area contributed by atoms with Gasteiger partial charge in [-0.2, -0.15) is 5.26 Å². The van der Waals surface area contributed by atoms with E-state index in [1.807, 2.05) is 6.92 Å². The summed E-state index contributed by atoms with van der Waals surface area (Å²) in [6.07, 6.45) is 2.44. The number of nitrogens with one attached hydrogen (secondary N) is 1. The lowest BCUT2D eigenvalue weighted by Crippen LogP contribution is -2.31. The predicted molar refractivity (Wildman–Crippen MR) is 51.2 cm³/mol. The fourth-order valence-electron chi connectivity index (χ4n) is 1.52. The Kier molecular flexibility index (Phi) is 4.81. The van der Waals surface area contributed by atoms with E-state index in [0.29, 0.717) is 5.92 Å². The summed E-state index contributed by atoms with van der Waals surface area (Å²) in [5, 5.41) is 11.9. The standard InChI is InChI=1S/C10H18N2O/c1-9(5-11)6-12-7-10-3-2-4-13-8-10/h9-10,12H,2-4,6-8H2,1H3. The summed E-state index contributed by atoms with van der Waals surface area (Å²) >= 11 is 0. The van der Waals surface area contributed by atoms with Crippen molar-refractivity contribution in [1.29, 1.82) is 5.26 Å². The number of rotatable bonds is 4. The average molecular weight is 182 g/mol. The number of hydrogen-bond acceptors (Lipinski definition) is 3. The lowest BCUT2D eigenvalue weighted by Gasteiger charge is -2.22. The first-order valence-electron chi connectivity index (χ1n) is 5.01. The average Bonchev–Trinajstić information content (AvgIpc) is 2.19. The second kappa shape index (κ2) is 5.95. The minimum atomic E-state index is 0.115. The van der Waals surface area contributed by atoms with Crippen molar-refractivity contribution < 1.29 is 4.74 Å². The Balaban J connectivity index is 2.02. The molecule has 3 heteroatoms. The van der Waals surface area contributed by atoms with E-state index >= 15 is 0 Å². The molecular formula is C10H18N2O. The Labute approximate surface area is 80.1 Å². The van der Waals surface area contributed by atoms with Gasteiger partial charge in [0.1, 0.15) is 0 Å². The minimum Gasteiger partial charge on any atom is -0.381 e. The van der Waals surface area contributed by atoms with Gasteiger partial charge in [-0.25, -0.2) is 0 Å². The Hall–Kier alpha value is -0.590. The molecular weight excluding hydrogens is 164 g/mol. The molecule has 0 saturated carbocycles. The van der Waals surface area contributed by atoms with Crippen LogP contribution in [0, 0.1) is 23.2 Å². The summed E-state index contributed by atoms with van der Waals surface area (Å²) < 4.78 is 5.36. The lowest BCUT2D eigenvalue weighted by molar-refractivity contribution is 0.0547. The highest BCUT2D eigenvalue weighted by atomic mass is 16.5. The summed E-state index contributed by atoms with van der Waals surface area (Å²) in [4.78, 5) is 0. The molecule has 0 aliphatic carbocycles. The number of nitriles is 1. The molecule has 0 spiro atoms. The molecule has 1 saturated heterocycles. The SMILES string of the molecule is CC(C#N)CNCC1CCCOC1. The predicted octanol–water partition coefficient (Wildman–Crippen LogP) is 1.16. The van der Waals surface area contributed by atoms with Gasteiger partial charge < -0.3 is 10.1 Å². The summed E-state index contributed by atoms with van der Waals surface area (Å²) in [7, 11) is 0. The molecule has 1 heterocycles. The van der Waals surface area contributed by atoms with Crippen LogP contribution in [0.25, 0.3) is 0 Å². The Bertz CT molecular complexity index is 170. The van der Waals surface area contributed by atoms with Crippen molar-refractivity contribution in [3.8, 4) is 6.07 Å². The van der Waals surface area contributed by atoms with Gasteiger partial charge in [-0.15, -0.1) is 0 Å². The van der Waals surface area contributed by atoms with Crippen molar-refractivity contribution in [2.75, 3.05) is 26.3 Å². The maximum Gasteiger partial charge on any atom is 0.0666 e. The van der Waals surface area contributed by atoms with Crippen molar-refractivity contribution in [3.05, 3.63) is 0 Å². The van der Waals surface area contributed by atoms with Crippen LogP contribution < -0.4 is 5.32 Å². The summed E-state index contributed by atoms with van der Waals surface area (Å²) in [6.45, 7) is 5.53. The highest BCUT2D eigenvalue weighted by Crippen LogP contribution is 2.11. The molecule has 13 heavy (non-hydrogen) atoms. The van der Waals surface area contributed by atoms with Crippen LogP contribution in [0.2, 0.25) is 0 Å². The molecule has 0 aromatic carbocycles. The van der Waals surface area contributed by atoms with Crippen molar-refractivity contribution in [3.63, 3.8) is 0 Å². The van der Waals surface area contributed by atoms with E-state index in [9.17, 15) is 0 Å². The van der Waals surface area contributed by atoms with E-state index < -0.39 is 0 Å². The maximum absolute atomic E-state index is 8.56. The zero-order valence-corrected chi connectivity index (χ0v) is 8.25. The van der Waals surface area contributed by atoms with Crippen molar-refractivity contribution in [2.24, 2.45) is 11.8 Å². The minimum absolute atomic E-state index is 0.115. The second-order valence-corrected chi connectivity index (χ2v) is 3.77. The molecule has 0 amide bonds. The van der Waals surface area contributed by atoms with E-state index in [0.717, 1.165) is 26.3 Å². The third-order valence-electron chi connectivity index (χ3n) is 2.36. The van der Waals surface area contributed by atoms with Crippen LogP contribution >= 0.6 is 0 Å². The van der Waals surface area contributed by atoms with Gasteiger partial charge in [-0.05, 0) is 25.7 Å². The molecule has 1 rings (SSSR count). The second-order valence-electron chi connectivity index (χ2n) is 3.77. The van der Waals surface area contributed by atoms with Crippen molar-refractivity contribution in [1.82, 2.24) is 5.32 Å². The normalized spacial score (nSPS) is 25.1. The van der Waals surface area contributed by atoms with Crippen LogP contribution in [-0.4, -0.2) is 26.3 Å². The van der Waals surface area contributed by atoms with E-state index in [2.05, 4.69) is 11.4 Å². The maximum atomic E-state index is 8.56. The lowest BCUT2D eigenvalue weighted by atomic mass is 10.0. The molecule has 74 valence electrons. The van der Waals surface area contributed by atoms with Crippen LogP contribution in [0.4, 0.5) is 0 Å².